The Bertz CT molecular complexity index is 490. The van der Waals surface area contributed by atoms with Crippen LogP contribution in [0.5, 0.6) is 5.75 Å². The second kappa shape index (κ2) is 6.35. The SMILES string of the molecule is CCNC(CC1CC2CCC1C2)c1ccc(OC)c(F)c1. The second-order valence-corrected chi connectivity index (χ2v) is 6.67. The van der Waals surface area contributed by atoms with Crippen molar-refractivity contribution in [1.82, 2.24) is 5.32 Å². The maximum Gasteiger partial charge on any atom is 0.165 e. The lowest BCUT2D eigenvalue weighted by molar-refractivity contribution is 0.280. The molecule has 116 valence electrons. The normalized spacial score (nSPS) is 28.8. The minimum Gasteiger partial charge on any atom is -0.494 e. The van der Waals surface area contributed by atoms with Crippen molar-refractivity contribution < 1.29 is 9.13 Å². The van der Waals surface area contributed by atoms with Crippen molar-refractivity contribution in [3.8, 4) is 5.75 Å². The summed E-state index contributed by atoms with van der Waals surface area (Å²) in [6, 6.07) is 5.65. The zero-order valence-electron chi connectivity index (χ0n) is 13.1. The Balaban J connectivity index is 1.73. The summed E-state index contributed by atoms with van der Waals surface area (Å²) in [5.41, 5.74) is 1.05. The van der Waals surface area contributed by atoms with Crippen molar-refractivity contribution in [2.45, 2.75) is 45.1 Å². The van der Waals surface area contributed by atoms with Gasteiger partial charge in [0.1, 0.15) is 0 Å². The lowest BCUT2D eigenvalue weighted by Gasteiger charge is -2.27. The molecule has 1 aromatic carbocycles. The fourth-order valence-corrected chi connectivity index (χ4v) is 4.45. The topological polar surface area (TPSA) is 21.3 Å². The molecule has 2 nitrogen and oxygen atoms in total. The van der Waals surface area contributed by atoms with Gasteiger partial charge in [0.25, 0.3) is 0 Å². The van der Waals surface area contributed by atoms with Gasteiger partial charge in [0, 0.05) is 6.04 Å². The molecule has 0 saturated heterocycles. The molecule has 2 aliphatic carbocycles. The third-order valence-electron chi connectivity index (χ3n) is 5.45. The Morgan fingerprint density at radius 1 is 1.33 bits per heavy atom. The largest absolute Gasteiger partial charge is 0.494 e. The van der Waals surface area contributed by atoms with Gasteiger partial charge in [-0.05, 0) is 67.7 Å². The lowest BCUT2D eigenvalue weighted by Crippen LogP contribution is -2.25. The van der Waals surface area contributed by atoms with Crippen LogP contribution in [0.3, 0.4) is 0 Å². The molecule has 0 spiro atoms. The predicted octanol–water partition coefficient (Wildman–Crippen LogP) is 4.31. The van der Waals surface area contributed by atoms with Gasteiger partial charge in [0.2, 0.25) is 0 Å². The number of ether oxygens (including phenoxy) is 1. The summed E-state index contributed by atoms with van der Waals surface area (Å²) in [6.07, 6.45) is 6.79. The summed E-state index contributed by atoms with van der Waals surface area (Å²) in [6.45, 7) is 3.03. The van der Waals surface area contributed by atoms with E-state index in [2.05, 4.69) is 12.2 Å². The highest BCUT2D eigenvalue weighted by Crippen LogP contribution is 2.51. The third-order valence-corrected chi connectivity index (χ3v) is 5.45. The molecular weight excluding hydrogens is 265 g/mol. The second-order valence-electron chi connectivity index (χ2n) is 6.67. The molecule has 1 N–H and O–H groups in total. The standard InChI is InChI=1S/C18H26FNO/c1-3-20-17(11-15-9-12-4-5-13(15)8-12)14-6-7-18(21-2)16(19)10-14/h6-7,10,12-13,15,17,20H,3-5,8-9,11H2,1-2H3. The Morgan fingerprint density at radius 2 is 2.19 bits per heavy atom. The summed E-state index contributed by atoms with van der Waals surface area (Å²) in [4.78, 5) is 0. The van der Waals surface area contributed by atoms with Crippen LogP contribution in [0.15, 0.2) is 18.2 Å². The lowest BCUT2D eigenvalue weighted by atomic mass is 9.82. The Morgan fingerprint density at radius 3 is 2.76 bits per heavy atom. The van der Waals surface area contributed by atoms with E-state index in [1.54, 1.807) is 12.1 Å². The highest BCUT2D eigenvalue weighted by Gasteiger charge is 2.40. The molecule has 3 heteroatoms. The number of rotatable bonds is 6. The molecule has 4 atom stereocenters. The molecule has 0 heterocycles. The number of benzene rings is 1. The fourth-order valence-electron chi connectivity index (χ4n) is 4.45. The average molecular weight is 291 g/mol. The monoisotopic (exact) mass is 291 g/mol. The zero-order chi connectivity index (χ0) is 14.8. The maximum atomic E-state index is 14.0. The van der Waals surface area contributed by atoms with E-state index in [-0.39, 0.29) is 11.9 Å². The van der Waals surface area contributed by atoms with Gasteiger partial charge < -0.3 is 10.1 Å². The van der Waals surface area contributed by atoms with Crippen LogP contribution in [-0.2, 0) is 0 Å². The Kier molecular flexibility index (Phi) is 4.48. The quantitative estimate of drug-likeness (QED) is 0.843. The van der Waals surface area contributed by atoms with E-state index in [0.717, 1.165) is 36.3 Å². The first-order valence-corrected chi connectivity index (χ1v) is 8.28. The molecule has 2 saturated carbocycles. The van der Waals surface area contributed by atoms with Crippen LogP contribution < -0.4 is 10.1 Å². The van der Waals surface area contributed by atoms with Crippen LogP contribution in [0.2, 0.25) is 0 Å². The molecule has 3 rings (SSSR count). The van der Waals surface area contributed by atoms with E-state index in [9.17, 15) is 4.39 Å². The highest BCUT2D eigenvalue weighted by atomic mass is 19.1. The molecule has 0 aromatic heterocycles. The molecule has 2 fully saturated rings. The molecular formula is C18H26FNO. The Labute approximate surface area is 127 Å². The fraction of sp³-hybridized carbons (Fsp3) is 0.667. The van der Waals surface area contributed by atoms with Crippen molar-refractivity contribution >= 4 is 0 Å². The van der Waals surface area contributed by atoms with E-state index in [0.29, 0.717) is 5.75 Å². The van der Waals surface area contributed by atoms with Crippen molar-refractivity contribution in [2.24, 2.45) is 17.8 Å². The van der Waals surface area contributed by atoms with Gasteiger partial charge in [-0.2, -0.15) is 0 Å². The van der Waals surface area contributed by atoms with Gasteiger partial charge >= 0.3 is 0 Å². The van der Waals surface area contributed by atoms with Crippen LogP contribution in [0, 0.1) is 23.6 Å². The minimum atomic E-state index is -0.258. The number of methoxy groups -OCH3 is 1. The van der Waals surface area contributed by atoms with E-state index in [1.807, 2.05) is 6.07 Å². The first-order valence-electron chi connectivity index (χ1n) is 8.28. The average Bonchev–Trinajstić information content (AvgIpc) is 3.09. The molecule has 2 aliphatic rings. The Hall–Kier alpha value is -1.09. The maximum absolute atomic E-state index is 14.0. The third kappa shape index (κ3) is 3.08. The summed E-state index contributed by atoms with van der Waals surface area (Å²) in [7, 11) is 1.51. The highest BCUT2D eigenvalue weighted by molar-refractivity contribution is 5.31. The molecule has 2 bridgehead atoms. The predicted molar refractivity (Wildman–Crippen MR) is 82.9 cm³/mol. The summed E-state index contributed by atoms with van der Waals surface area (Å²) >= 11 is 0. The van der Waals surface area contributed by atoms with Crippen LogP contribution in [0.1, 0.15) is 50.6 Å². The first kappa shape index (κ1) is 14.8. The first-order chi connectivity index (χ1) is 10.2. The van der Waals surface area contributed by atoms with Crippen LogP contribution in [0.25, 0.3) is 0 Å². The van der Waals surface area contributed by atoms with Gasteiger partial charge in [0.05, 0.1) is 7.11 Å². The molecule has 4 unspecified atom stereocenters. The number of hydrogen-bond donors (Lipinski definition) is 1. The molecule has 1 aromatic rings. The van der Waals surface area contributed by atoms with E-state index >= 15 is 0 Å². The van der Waals surface area contributed by atoms with Crippen molar-refractivity contribution in [1.29, 1.82) is 0 Å². The summed E-state index contributed by atoms with van der Waals surface area (Å²) < 4.78 is 19.0. The number of fused-ring (bicyclic) bond motifs is 2. The van der Waals surface area contributed by atoms with E-state index in [1.165, 1.54) is 32.8 Å². The van der Waals surface area contributed by atoms with Gasteiger partial charge in [-0.15, -0.1) is 0 Å². The molecule has 0 radical (unpaired) electrons. The van der Waals surface area contributed by atoms with Crippen molar-refractivity contribution in [2.75, 3.05) is 13.7 Å². The summed E-state index contributed by atoms with van der Waals surface area (Å²) in [5, 5.41) is 3.54. The van der Waals surface area contributed by atoms with Crippen LogP contribution in [-0.4, -0.2) is 13.7 Å². The van der Waals surface area contributed by atoms with Gasteiger partial charge in [-0.3, -0.25) is 0 Å². The van der Waals surface area contributed by atoms with Gasteiger partial charge in [0.15, 0.2) is 11.6 Å². The summed E-state index contributed by atoms with van der Waals surface area (Å²) in [5.74, 6) is 2.77. The minimum absolute atomic E-state index is 0.258. The molecule has 0 amide bonds. The van der Waals surface area contributed by atoms with Crippen molar-refractivity contribution in [3.05, 3.63) is 29.6 Å². The van der Waals surface area contributed by atoms with Gasteiger partial charge in [-0.25, -0.2) is 4.39 Å². The number of hydrogen-bond acceptors (Lipinski definition) is 2. The number of halogens is 1. The van der Waals surface area contributed by atoms with Crippen LogP contribution >= 0.6 is 0 Å². The zero-order valence-corrected chi connectivity index (χ0v) is 13.1. The van der Waals surface area contributed by atoms with E-state index < -0.39 is 0 Å². The van der Waals surface area contributed by atoms with Crippen LogP contribution in [0.4, 0.5) is 4.39 Å². The van der Waals surface area contributed by atoms with E-state index in [4.69, 9.17) is 4.74 Å². The number of nitrogens with one attached hydrogen (secondary N) is 1. The van der Waals surface area contributed by atoms with Gasteiger partial charge in [-0.1, -0.05) is 19.4 Å². The molecule has 21 heavy (non-hydrogen) atoms. The molecule has 0 aliphatic heterocycles. The smallest absolute Gasteiger partial charge is 0.165 e. The van der Waals surface area contributed by atoms with Crippen molar-refractivity contribution in [3.63, 3.8) is 0 Å².